The maximum Gasteiger partial charge on any atom is 0.0572 e. The van der Waals surface area contributed by atoms with E-state index in [0.29, 0.717) is 18.2 Å². The lowest BCUT2D eigenvalue weighted by Gasteiger charge is -2.33. The summed E-state index contributed by atoms with van der Waals surface area (Å²) in [5.74, 6) is 0.762. The number of nitrogens with one attached hydrogen (secondary N) is 1. The zero-order valence-electron chi connectivity index (χ0n) is 12.9. The highest BCUT2D eigenvalue weighted by atomic mass is 16.5. The fourth-order valence-corrected chi connectivity index (χ4v) is 3.00. The molecule has 0 aromatic heterocycles. The van der Waals surface area contributed by atoms with Gasteiger partial charge >= 0.3 is 0 Å². The first-order valence-electron chi connectivity index (χ1n) is 7.44. The average molecular weight is 256 g/mol. The lowest BCUT2D eigenvalue weighted by molar-refractivity contribution is 0.0601. The summed E-state index contributed by atoms with van der Waals surface area (Å²) < 4.78 is 5.44. The van der Waals surface area contributed by atoms with Crippen molar-refractivity contribution < 1.29 is 4.74 Å². The standard InChI is InChI=1S/C15H32N2O/c1-12(2)10-14(11-17(3)4)16-13-6-8-15(18-5)9-7-13/h12-16H,6-11H2,1-5H3. The van der Waals surface area contributed by atoms with Gasteiger partial charge in [0.1, 0.15) is 0 Å². The largest absolute Gasteiger partial charge is 0.381 e. The van der Waals surface area contributed by atoms with E-state index in [1.165, 1.54) is 32.1 Å². The highest BCUT2D eigenvalue weighted by molar-refractivity contribution is 4.82. The summed E-state index contributed by atoms with van der Waals surface area (Å²) in [5, 5.41) is 3.87. The predicted octanol–water partition coefficient (Wildman–Crippen LogP) is 2.51. The predicted molar refractivity (Wildman–Crippen MR) is 78.0 cm³/mol. The summed E-state index contributed by atoms with van der Waals surface area (Å²) in [6.07, 6.45) is 6.72. The number of hydrogen-bond donors (Lipinski definition) is 1. The van der Waals surface area contributed by atoms with Crippen molar-refractivity contribution in [2.75, 3.05) is 27.7 Å². The number of nitrogens with zero attached hydrogens (tertiary/aromatic N) is 1. The molecule has 0 aromatic rings. The van der Waals surface area contributed by atoms with Crippen LogP contribution in [-0.4, -0.2) is 50.8 Å². The molecule has 1 fully saturated rings. The molecule has 0 amide bonds. The normalized spacial score (nSPS) is 26.8. The minimum atomic E-state index is 0.500. The van der Waals surface area contributed by atoms with Gasteiger partial charge < -0.3 is 15.0 Å². The first-order chi connectivity index (χ1) is 8.51. The van der Waals surface area contributed by atoms with Crippen LogP contribution in [0.4, 0.5) is 0 Å². The number of likely N-dealkylation sites (N-methyl/N-ethyl adjacent to an activating group) is 1. The second kappa shape index (κ2) is 8.13. The molecule has 108 valence electrons. The molecule has 0 aliphatic heterocycles. The maximum absolute atomic E-state index is 5.44. The first-order valence-corrected chi connectivity index (χ1v) is 7.44. The van der Waals surface area contributed by atoms with Gasteiger partial charge in [0.05, 0.1) is 6.10 Å². The van der Waals surface area contributed by atoms with Crippen LogP contribution in [0.1, 0.15) is 46.0 Å². The fraction of sp³-hybridized carbons (Fsp3) is 1.00. The van der Waals surface area contributed by atoms with E-state index in [1.54, 1.807) is 0 Å². The molecule has 0 spiro atoms. The molecule has 0 aromatic carbocycles. The topological polar surface area (TPSA) is 24.5 Å². The lowest BCUT2D eigenvalue weighted by Crippen LogP contribution is -2.46. The molecule has 1 unspecified atom stereocenters. The molecule has 3 heteroatoms. The second-order valence-corrected chi connectivity index (χ2v) is 6.46. The Morgan fingerprint density at radius 3 is 2.22 bits per heavy atom. The Hall–Kier alpha value is -0.120. The van der Waals surface area contributed by atoms with E-state index in [0.717, 1.165) is 12.5 Å². The van der Waals surface area contributed by atoms with Crippen LogP contribution in [0.3, 0.4) is 0 Å². The second-order valence-electron chi connectivity index (χ2n) is 6.46. The third kappa shape index (κ3) is 6.17. The highest BCUT2D eigenvalue weighted by Gasteiger charge is 2.23. The maximum atomic E-state index is 5.44. The van der Waals surface area contributed by atoms with Crippen molar-refractivity contribution in [1.82, 2.24) is 10.2 Å². The SMILES string of the molecule is COC1CCC(NC(CC(C)C)CN(C)C)CC1. The molecule has 3 nitrogen and oxygen atoms in total. The van der Waals surface area contributed by atoms with Gasteiger partial charge in [0.2, 0.25) is 0 Å². The zero-order valence-corrected chi connectivity index (χ0v) is 12.9. The molecule has 1 saturated carbocycles. The van der Waals surface area contributed by atoms with Gasteiger partial charge in [0.25, 0.3) is 0 Å². The molecule has 0 heterocycles. The quantitative estimate of drug-likeness (QED) is 0.757. The van der Waals surface area contributed by atoms with Crippen LogP contribution in [0.25, 0.3) is 0 Å². The summed E-state index contributed by atoms with van der Waals surface area (Å²) in [7, 11) is 6.17. The van der Waals surface area contributed by atoms with E-state index >= 15 is 0 Å². The van der Waals surface area contributed by atoms with E-state index in [9.17, 15) is 0 Å². The molecule has 0 bridgehead atoms. The van der Waals surface area contributed by atoms with Gasteiger partial charge in [-0.15, -0.1) is 0 Å². The molecular weight excluding hydrogens is 224 g/mol. The summed E-state index contributed by atoms with van der Waals surface area (Å²) in [4.78, 5) is 2.29. The van der Waals surface area contributed by atoms with E-state index in [2.05, 4.69) is 38.2 Å². The Morgan fingerprint density at radius 2 is 1.78 bits per heavy atom. The van der Waals surface area contributed by atoms with Gasteiger partial charge in [0.15, 0.2) is 0 Å². The van der Waals surface area contributed by atoms with Gasteiger partial charge in [-0.2, -0.15) is 0 Å². The summed E-state index contributed by atoms with van der Waals surface area (Å²) in [5.41, 5.74) is 0. The fourth-order valence-electron chi connectivity index (χ4n) is 3.00. The van der Waals surface area contributed by atoms with Crippen LogP contribution in [0.2, 0.25) is 0 Å². The molecular formula is C15H32N2O. The Balaban J connectivity index is 2.36. The van der Waals surface area contributed by atoms with Crippen molar-refractivity contribution in [2.45, 2.75) is 64.1 Å². The molecule has 0 saturated heterocycles. The minimum Gasteiger partial charge on any atom is -0.381 e. The van der Waals surface area contributed by atoms with Crippen LogP contribution in [-0.2, 0) is 4.74 Å². The van der Waals surface area contributed by atoms with Crippen LogP contribution in [0.5, 0.6) is 0 Å². The smallest absolute Gasteiger partial charge is 0.0572 e. The van der Waals surface area contributed by atoms with Gasteiger partial charge in [-0.25, -0.2) is 0 Å². The Kier molecular flexibility index (Phi) is 7.20. The molecule has 1 rings (SSSR count). The Bertz CT molecular complexity index is 201. The van der Waals surface area contributed by atoms with Crippen LogP contribution < -0.4 is 5.32 Å². The third-order valence-corrected chi connectivity index (χ3v) is 3.82. The van der Waals surface area contributed by atoms with Crippen molar-refractivity contribution >= 4 is 0 Å². The third-order valence-electron chi connectivity index (χ3n) is 3.82. The van der Waals surface area contributed by atoms with Crippen LogP contribution in [0, 0.1) is 5.92 Å². The Labute approximate surface area is 113 Å². The molecule has 1 aliphatic carbocycles. The summed E-state index contributed by atoms with van der Waals surface area (Å²) in [6.45, 7) is 5.76. The number of hydrogen-bond acceptors (Lipinski definition) is 3. The van der Waals surface area contributed by atoms with Gasteiger partial charge in [-0.3, -0.25) is 0 Å². The molecule has 1 atom stereocenters. The summed E-state index contributed by atoms with van der Waals surface area (Å²) >= 11 is 0. The van der Waals surface area contributed by atoms with Crippen molar-refractivity contribution in [3.63, 3.8) is 0 Å². The van der Waals surface area contributed by atoms with E-state index in [4.69, 9.17) is 4.74 Å². The van der Waals surface area contributed by atoms with Crippen molar-refractivity contribution in [3.8, 4) is 0 Å². The number of ether oxygens (including phenoxy) is 1. The molecule has 0 radical (unpaired) electrons. The van der Waals surface area contributed by atoms with E-state index in [-0.39, 0.29) is 0 Å². The van der Waals surface area contributed by atoms with E-state index < -0.39 is 0 Å². The van der Waals surface area contributed by atoms with Gasteiger partial charge in [-0.05, 0) is 52.1 Å². The monoisotopic (exact) mass is 256 g/mol. The van der Waals surface area contributed by atoms with Gasteiger partial charge in [-0.1, -0.05) is 13.8 Å². The Morgan fingerprint density at radius 1 is 1.17 bits per heavy atom. The van der Waals surface area contributed by atoms with Crippen molar-refractivity contribution in [2.24, 2.45) is 5.92 Å². The van der Waals surface area contributed by atoms with Gasteiger partial charge in [0, 0.05) is 25.7 Å². The van der Waals surface area contributed by atoms with Crippen molar-refractivity contribution in [1.29, 1.82) is 0 Å². The average Bonchev–Trinajstić information content (AvgIpc) is 2.28. The molecule has 1 N–H and O–H groups in total. The zero-order chi connectivity index (χ0) is 13.5. The first kappa shape index (κ1) is 15.9. The lowest BCUT2D eigenvalue weighted by atomic mass is 9.91. The highest BCUT2D eigenvalue weighted by Crippen LogP contribution is 2.21. The van der Waals surface area contributed by atoms with Crippen LogP contribution >= 0.6 is 0 Å². The summed E-state index contributed by atoms with van der Waals surface area (Å²) in [6, 6.07) is 1.32. The number of methoxy groups -OCH3 is 1. The molecule has 1 aliphatic rings. The van der Waals surface area contributed by atoms with Crippen molar-refractivity contribution in [3.05, 3.63) is 0 Å². The molecule has 18 heavy (non-hydrogen) atoms. The number of rotatable bonds is 7. The minimum absolute atomic E-state index is 0.500. The van der Waals surface area contributed by atoms with E-state index in [1.807, 2.05) is 7.11 Å². The van der Waals surface area contributed by atoms with Crippen LogP contribution in [0.15, 0.2) is 0 Å².